The van der Waals surface area contributed by atoms with Crippen molar-refractivity contribution in [2.45, 2.75) is 6.92 Å². The van der Waals surface area contributed by atoms with Gasteiger partial charge in [-0.15, -0.1) is 0 Å². The molecule has 1 aliphatic rings. The largest absolute Gasteiger partial charge is 0.496 e. The van der Waals surface area contributed by atoms with Crippen molar-refractivity contribution in [1.82, 2.24) is 10.3 Å². The van der Waals surface area contributed by atoms with Crippen LogP contribution in [0.3, 0.4) is 0 Å². The second kappa shape index (κ2) is 12.0. The first kappa shape index (κ1) is 32.3. The van der Waals surface area contributed by atoms with E-state index in [-0.39, 0.29) is 46.1 Å². The topological polar surface area (TPSA) is 124 Å². The molecule has 49 heavy (non-hydrogen) atoms. The van der Waals surface area contributed by atoms with Crippen LogP contribution in [0, 0.1) is 17.0 Å². The van der Waals surface area contributed by atoms with Crippen molar-refractivity contribution in [3.05, 3.63) is 90.0 Å². The number of halogens is 2. The van der Waals surface area contributed by atoms with E-state index in [1.165, 1.54) is 54.9 Å². The first-order chi connectivity index (χ1) is 23.4. The first-order valence-electron chi connectivity index (χ1n) is 15.3. The Labute approximate surface area is 280 Å². The van der Waals surface area contributed by atoms with Gasteiger partial charge in [-0.2, -0.15) is 0 Å². The molecule has 0 radical (unpaired) electrons. The molecule has 1 saturated heterocycles. The van der Waals surface area contributed by atoms with Gasteiger partial charge in [-0.1, -0.05) is 19.1 Å². The highest BCUT2D eigenvalue weighted by molar-refractivity contribution is 7.92. The van der Waals surface area contributed by atoms with Crippen LogP contribution >= 0.6 is 0 Å². The summed E-state index contributed by atoms with van der Waals surface area (Å²) in [5.74, 6) is -0.809. The number of ether oxygens (including phenoxy) is 2. The summed E-state index contributed by atoms with van der Waals surface area (Å²) >= 11 is 0. The third-order valence-electron chi connectivity index (χ3n) is 8.57. The predicted octanol–water partition coefficient (Wildman–Crippen LogP) is 7.02. The zero-order chi connectivity index (χ0) is 34.7. The van der Waals surface area contributed by atoms with Gasteiger partial charge in [0.15, 0.2) is 11.4 Å². The minimum atomic E-state index is -3.89. The highest BCUT2D eigenvalue weighted by atomic mass is 32.2. The molecule has 2 aromatic heterocycles. The van der Waals surface area contributed by atoms with E-state index in [4.69, 9.17) is 18.3 Å². The molecule has 0 unspecified atom stereocenters. The second-order valence-electron chi connectivity index (χ2n) is 12.4. The third kappa shape index (κ3) is 5.78. The van der Waals surface area contributed by atoms with Crippen molar-refractivity contribution in [2.75, 3.05) is 44.5 Å². The van der Waals surface area contributed by atoms with E-state index in [0.717, 1.165) is 6.26 Å². The number of sulfonamides is 1. The number of rotatable bonds is 9. The molecule has 1 aliphatic heterocycles. The molecule has 252 valence electrons. The summed E-state index contributed by atoms with van der Waals surface area (Å²) in [6, 6.07) is 18.3. The van der Waals surface area contributed by atoms with Crippen molar-refractivity contribution < 1.29 is 40.3 Å². The number of aromatic nitrogens is 1. The Balaban J connectivity index is 1.51. The van der Waals surface area contributed by atoms with Crippen LogP contribution in [0.15, 0.2) is 81.6 Å². The summed E-state index contributed by atoms with van der Waals surface area (Å²) in [4.78, 5) is 17.8. The monoisotopic (exact) mass is 687 g/mol. The number of carbonyl (C=O) groups excluding carboxylic acids is 1. The van der Waals surface area contributed by atoms with Crippen LogP contribution in [0.25, 0.3) is 56.0 Å². The Morgan fingerprint density at radius 3 is 2.35 bits per heavy atom. The number of methoxy groups -OCH3 is 1. The van der Waals surface area contributed by atoms with E-state index in [2.05, 4.69) is 10.3 Å². The molecular weight excluding hydrogens is 656 g/mol. The number of hydrogen-bond acceptors (Lipinski definition) is 8. The molecule has 6 aromatic rings. The molecule has 10 nitrogen and oxygen atoms in total. The number of nitrogens with zero attached hydrogens (tertiary/aromatic N) is 2. The fourth-order valence-electron chi connectivity index (χ4n) is 6.07. The minimum Gasteiger partial charge on any atom is -0.496 e. The van der Waals surface area contributed by atoms with Gasteiger partial charge in [-0.25, -0.2) is 22.2 Å². The molecule has 3 heterocycles. The fraction of sp³-hybridized carbons (Fsp3) is 0.222. The molecule has 7 rings (SSSR count). The lowest BCUT2D eigenvalue weighted by molar-refractivity contribution is -0.0940. The molecule has 0 aliphatic carbocycles. The number of fused-ring (bicyclic) bond motifs is 2. The van der Waals surface area contributed by atoms with Crippen LogP contribution in [0.1, 0.15) is 17.3 Å². The Morgan fingerprint density at radius 1 is 0.980 bits per heavy atom. The molecule has 1 amide bonds. The number of hydrogen-bond donors (Lipinski definition) is 1. The smallest absolute Gasteiger partial charge is 0.255 e. The van der Waals surface area contributed by atoms with Gasteiger partial charge in [0.05, 0.1) is 43.4 Å². The molecule has 13 heteroatoms. The zero-order valence-corrected chi connectivity index (χ0v) is 27.8. The van der Waals surface area contributed by atoms with E-state index in [1.807, 2.05) is 6.92 Å². The van der Waals surface area contributed by atoms with Crippen molar-refractivity contribution in [3.63, 3.8) is 0 Å². The van der Waals surface area contributed by atoms with E-state index in [1.54, 1.807) is 36.4 Å². The Hall–Kier alpha value is -5.27. The highest BCUT2D eigenvalue weighted by Gasteiger charge is 2.39. The highest BCUT2D eigenvalue weighted by Crippen LogP contribution is 2.45. The maximum Gasteiger partial charge on any atom is 0.255 e. The minimum absolute atomic E-state index is 0.0493. The summed E-state index contributed by atoms with van der Waals surface area (Å²) in [5, 5.41) is 3.04. The van der Waals surface area contributed by atoms with Crippen LogP contribution in [0.4, 0.5) is 14.5 Å². The second-order valence-corrected chi connectivity index (χ2v) is 14.3. The van der Waals surface area contributed by atoms with E-state index in [0.29, 0.717) is 46.6 Å². The summed E-state index contributed by atoms with van der Waals surface area (Å²) in [7, 11) is -0.928. The maximum absolute atomic E-state index is 14.6. The number of anilines is 1. The van der Waals surface area contributed by atoms with Gasteiger partial charge in [0.1, 0.15) is 28.4 Å². The van der Waals surface area contributed by atoms with Crippen molar-refractivity contribution >= 4 is 43.7 Å². The number of benzene rings is 4. The lowest BCUT2D eigenvalue weighted by atomic mass is 9.88. The van der Waals surface area contributed by atoms with Gasteiger partial charge < -0.3 is 23.6 Å². The van der Waals surface area contributed by atoms with Crippen LogP contribution < -0.4 is 14.4 Å². The van der Waals surface area contributed by atoms with E-state index in [9.17, 15) is 22.0 Å². The molecular formula is C36H31F2N3O7S. The molecule has 1 N–H and O–H groups in total. The fourth-order valence-corrected chi connectivity index (χ4v) is 7.12. The normalized spacial score (nSPS) is 14.2. The van der Waals surface area contributed by atoms with Gasteiger partial charge in [-0.05, 0) is 60.2 Å². The SMILES string of the molecule is CNC(=O)c1c(-c2ccc(F)cc2)oc2cc(N(CC3(C)COC3)S(C)(=O)=O)c(-c3ccc(OC)c(-c4nc5c(F)cccc5o4)c3)cc12. The van der Waals surface area contributed by atoms with Gasteiger partial charge in [0.2, 0.25) is 15.9 Å². The summed E-state index contributed by atoms with van der Waals surface area (Å²) in [6.07, 6.45) is 1.12. The van der Waals surface area contributed by atoms with Crippen molar-refractivity contribution in [1.29, 1.82) is 0 Å². The standard InChI is InChI=1S/C36H31F2N3O7S/c1-36(18-46-19-36)17-41(49(4,43)44)27-16-30-24(31(34(42)39-2)33(47-30)20-8-11-22(37)12-9-20)15-23(27)21-10-13-28(45-3)25(14-21)35-40-32-26(38)6-5-7-29(32)48-35/h5-16H,17-19H2,1-4H3,(H,39,42). The number of carbonyl (C=O) groups is 1. The summed E-state index contributed by atoms with van der Waals surface area (Å²) in [6.45, 7) is 2.78. The van der Waals surface area contributed by atoms with Gasteiger partial charge in [0, 0.05) is 41.6 Å². The number of amides is 1. The van der Waals surface area contributed by atoms with Crippen LogP contribution in [0.5, 0.6) is 5.75 Å². The Bertz CT molecular complexity index is 2360. The molecule has 0 saturated carbocycles. The summed E-state index contributed by atoms with van der Waals surface area (Å²) in [5.41, 5.74) is 2.33. The lowest BCUT2D eigenvalue weighted by Gasteiger charge is -2.42. The molecule has 0 bridgehead atoms. The van der Waals surface area contributed by atoms with E-state index < -0.39 is 33.0 Å². The first-order valence-corrected chi connectivity index (χ1v) is 17.1. The summed E-state index contributed by atoms with van der Waals surface area (Å²) < 4.78 is 80.1. The number of para-hydroxylation sites is 1. The van der Waals surface area contributed by atoms with Crippen molar-refractivity contribution in [2.24, 2.45) is 5.41 Å². The predicted molar refractivity (Wildman–Crippen MR) is 181 cm³/mol. The van der Waals surface area contributed by atoms with Gasteiger partial charge in [0.25, 0.3) is 5.91 Å². The average Bonchev–Trinajstić information content (AvgIpc) is 3.67. The number of nitrogens with one attached hydrogen (secondary N) is 1. The van der Waals surface area contributed by atoms with Gasteiger partial charge in [-0.3, -0.25) is 9.10 Å². The molecule has 4 aromatic carbocycles. The van der Waals surface area contributed by atoms with E-state index >= 15 is 0 Å². The van der Waals surface area contributed by atoms with Crippen LogP contribution in [-0.4, -0.2) is 59.5 Å². The molecule has 0 spiro atoms. The van der Waals surface area contributed by atoms with Crippen LogP contribution in [-0.2, 0) is 14.8 Å². The maximum atomic E-state index is 14.6. The number of furan rings is 1. The quantitative estimate of drug-likeness (QED) is 0.172. The Morgan fingerprint density at radius 2 is 1.71 bits per heavy atom. The molecule has 1 fully saturated rings. The Kier molecular flexibility index (Phi) is 7.91. The number of oxazole rings is 1. The average molecular weight is 688 g/mol. The third-order valence-corrected chi connectivity index (χ3v) is 9.70. The van der Waals surface area contributed by atoms with Crippen molar-refractivity contribution in [3.8, 4) is 39.7 Å². The van der Waals surface area contributed by atoms with Gasteiger partial charge >= 0.3 is 0 Å². The lowest BCUT2D eigenvalue weighted by Crippen LogP contribution is -2.50. The molecule has 0 atom stereocenters. The van der Waals surface area contributed by atoms with Crippen LogP contribution in [0.2, 0.25) is 0 Å². The zero-order valence-electron chi connectivity index (χ0n) is 27.0.